The van der Waals surface area contributed by atoms with E-state index in [0.717, 1.165) is 31.6 Å². The third-order valence-electron chi connectivity index (χ3n) is 4.25. The SMILES string of the molecule is CC1CCCC(N2CCN(CCO)CC2)C1. The molecule has 0 amide bonds. The van der Waals surface area contributed by atoms with Crippen LogP contribution in [-0.4, -0.2) is 60.3 Å². The summed E-state index contributed by atoms with van der Waals surface area (Å²) in [4.78, 5) is 5.06. The van der Waals surface area contributed by atoms with Crippen molar-refractivity contribution in [2.75, 3.05) is 39.3 Å². The molecule has 0 aromatic rings. The van der Waals surface area contributed by atoms with Crippen LogP contribution in [-0.2, 0) is 0 Å². The molecule has 0 aromatic carbocycles. The van der Waals surface area contributed by atoms with Crippen molar-refractivity contribution in [3.05, 3.63) is 0 Å². The summed E-state index contributed by atoms with van der Waals surface area (Å²) in [6.07, 6.45) is 5.66. The maximum absolute atomic E-state index is 8.91. The number of rotatable bonds is 3. The first-order chi connectivity index (χ1) is 7.79. The highest BCUT2D eigenvalue weighted by Gasteiger charge is 2.27. The van der Waals surface area contributed by atoms with Gasteiger partial charge in [0.15, 0.2) is 0 Å². The van der Waals surface area contributed by atoms with Gasteiger partial charge in [-0.15, -0.1) is 0 Å². The summed E-state index contributed by atoms with van der Waals surface area (Å²) in [6, 6.07) is 0.847. The molecule has 2 unspecified atom stereocenters. The fourth-order valence-corrected chi connectivity index (χ4v) is 3.23. The standard InChI is InChI=1S/C13H26N2O/c1-12-3-2-4-13(11-12)15-7-5-14(6-8-15)9-10-16/h12-13,16H,2-11H2,1H3. The molecule has 2 atom stereocenters. The van der Waals surface area contributed by atoms with Crippen LogP contribution in [0.15, 0.2) is 0 Å². The molecule has 1 saturated heterocycles. The highest BCUT2D eigenvalue weighted by Crippen LogP contribution is 2.27. The van der Waals surface area contributed by atoms with Gasteiger partial charge in [0, 0.05) is 38.8 Å². The Bertz CT molecular complexity index is 202. The van der Waals surface area contributed by atoms with Crippen LogP contribution in [0.5, 0.6) is 0 Å². The number of nitrogens with zero attached hydrogens (tertiary/aromatic N) is 2. The second-order valence-corrected chi connectivity index (χ2v) is 5.53. The van der Waals surface area contributed by atoms with Crippen LogP contribution in [0.2, 0.25) is 0 Å². The molecule has 0 bridgehead atoms. The van der Waals surface area contributed by atoms with Gasteiger partial charge < -0.3 is 5.11 Å². The van der Waals surface area contributed by atoms with Crippen LogP contribution in [0.25, 0.3) is 0 Å². The number of hydrogen-bond donors (Lipinski definition) is 1. The summed E-state index contributed by atoms with van der Waals surface area (Å²) in [5.74, 6) is 0.925. The van der Waals surface area contributed by atoms with E-state index in [9.17, 15) is 0 Å². The van der Waals surface area contributed by atoms with Crippen molar-refractivity contribution in [1.29, 1.82) is 0 Å². The third kappa shape index (κ3) is 3.19. The van der Waals surface area contributed by atoms with Gasteiger partial charge in [-0.05, 0) is 18.8 Å². The minimum Gasteiger partial charge on any atom is -0.395 e. The smallest absolute Gasteiger partial charge is 0.0558 e. The van der Waals surface area contributed by atoms with Crippen LogP contribution >= 0.6 is 0 Å². The predicted octanol–water partition coefficient (Wildman–Crippen LogP) is 1.18. The maximum Gasteiger partial charge on any atom is 0.0558 e. The summed E-state index contributed by atoms with van der Waals surface area (Å²) in [5.41, 5.74) is 0. The Hall–Kier alpha value is -0.120. The quantitative estimate of drug-likeness (QED) is 0.783. The van der Waals surface area contributed by atoms with Gasteiger partial charge >= 0.3 is 0 Å². The second-order valence-electron chi connectivity index (χ2n) is 5.53. The summed E-state index contributed by atoms with van der Waals surface area (Å²) in [7, 11) is 0. The number of aliphatic hydroxyl groups excluding tert-OH is 1. The highest BCUT2D eigenvalue weighted by atomic mass is 16.3. The first-order valence-electron chi connectivity index (χ1n) is 6.87. The maximum atomic E-state index is 8.91. The summed E-state index contributed by atoms with van der Waals surface area (Å²) < 4.78 is 0. The van der Waals surface area contributed by atoms with Crippen molar-refractivity contribution in [1.82, 2.24) is 9.80 Å². The van der Waals surface area contributed by atoms with Gasteiger partial charge in [0.05, 0.1) is 6.61 Å². The van der Waals surface area contributed by atoms with Gasteiger partial charge in [0.25, 0.3) is 0 Å². The first kappa shape index (κ1) is 12.3. The monoisotopic (exact) mass is 226 g/mol. The Morgan fingerprint density at radius 1 is 1.12 bits per heavy atom. The second kappa shape index (κ2) is 5.99. The molecule has 3 heteroatoms. The van der Waals surface area contributed by atoms with Gasteiger partial charge in [-0.25, -0.2) is 0 Å². The van der Waals surface area contributed by atoms with E-state index in [1.165, 1.54) is 38.8 Å². The number of aliphatic hydroxyl groups is 1. The zero-order chi connectivity index (χ0) is 11.4. The normalized spacial score (nSPS) is 34.1. The summed E-state index contributed by atoms with van der Waals surface area (Å²) in [5, 5.41) is 8.91. The molecule has 1 N–H and O–H groups in total. The predicted molar refractivity (Wildman–Crippen MR) is 66.5 cm³/mol. The molecule has 2 fully saturated rings. The summed E-state index contributed by atoms with van der Waals surface area (Å²) >= 11 is 0. The molecule has 1 heterocycles. The van der Waals surface area contributed by atoms with Crippen LogP contribution in [0.3, 0.4) is 0 Å². The van der Waals surface area contributed by atoms with Crippen LogP contribution in [0.4, 0.5) is 0 Å². The van der Waals surface area contributed by atoms with Gasteiger partial charge in [0.1, 0.15) is 0 Å². The molecule has 1 saturated carbocycles. The van der Waals surface area contributed by atoms with Crippen LogP contribution in [0, 0.1) is 5.92 Å². The van der Waals surface area contributed by atoms with E-state index in [0.29, 0.717) is 6.61 Å². The minimum absolute atomic E-state index is 0.306. The van der Waals surface area contributed by atoms with Crippen LogP contribution < -0.4 is 0 Å². The number of hydrogen-bond acceptors (Lipinski definition) is 3. The molecule has 94 valence electrons. The minimum atomic E-state index is 0.306. The van der Waals surface area contributed by atoms with Crippen molar-refractivity contribution in [2.24, 2.45) is 5.92 Å². The zero-order valence-corrected chi connectivity index (χ0v) is 10.6. The van der Waals surface area contributed by atoms with E-state index in [4.69, 9.17) is 5.11 Å². The van der Waals surface area contributed by atoms with E-state index in [2.05, 4.69) is 16.7 Å². The van der Waals surface area contributed by atoms with Crippen molar-refractivity contribution >= 4 is 0 Å². The van der Waals surface area contributed by atoms with Crippen LogP contribution in [0.1, 0.15) is 32.6 Å². The zero-order valence-electron chi connectivity index (χ0n) is 10.6. The van der Waals surface area contributed by atoms with E-state index in [-0.39, 0.29) is 0 Å². The molecule has 3 nitrogen and oxygen atoms in total. The van der Waals surface area contributed by atoms with Gasteiger partial charge in [-0.2, -0.15) is 0 Å². The molecular weight excluding hydrogens is 200 g/mol. The lowest BCUT2D eigenvalue weighted by Gasteiger charge is -2.41. The topological polar surface area (TPSA) is 26.7 Å². The number of β-amino-alcohol motifs (C(OH)–C–C–N with tert-alkyl or cyclic N) is 1. The van der Waals surface area contributed by atoms with E-state index < -0.39 is 0 Å². The lowest BCUT2D eigenvalue weighted by Crippen LogP contribution is -2.51. The number of piperazine rings is 1. The lowest BCUT2D eigenvalue weighted by molar-refractivity contribution is 0.0613. The van der Waals surface area contributed by atoms with Gasteiger partial charge in [0.2, 0.25) is 0 Å². The Morgan fingerprint density at radius 2 is 1.88 bits per heavy atom. The van der Waals surface area contributed by atoms with E-state index in [1.54, 1.807) is 0 Å². The molecule has 2 rings (SSSR count). The van der Waals surface area contributed by atoms with Crippen molar-refractivity contribution in [2.45, 2.75) is 38.6 Å². The first-order valence-corrected chi connectivity index (χ1v) is 6.87. The average Bonchev–Trinajstić information content (AvgIpc) is 2.30. The molecular formula is C13H26N2O. The van der Waals surface area contributed by atoms with Crippen molar-refractivity contribution < 1.29 is 5.11 Å². The Balaban J connectivity index is 1.75. The molecule has 0 aromatic heterocycles. The highest BCUT2D eigenvalue weighted by molar-refractivity contribution is 4.82. The van der Waals surface area contributed by atoms with E-state index in [1.807, 2.05) is 0 Å². The molecule has 2 aliphatic rings. The van der Waals surface area contributed by atoms with Crippen molar-refractivity contribution in [3.8, 4) is 0 Å². The molecule has 16 heavy (non-hydrogen) atoms. The average molecular weight is 226 g/mol. The van der Waals surface area contributed by atoms with Crippen molar-refractivity contribution in [3.63, 3.8) is 0 Å². The largest absolute Gasteiger partial charge is 0.395 e. The van der Waals surface area contributed by atoms with Gasteiger partial charge in [-0.1, -0.05) is 19.8 Å². The Kier molecular flexibility index (Phi) is 4.62. The lowest BCUT2D eigenvalue weighted by atomic mass is 9.86. The molecule has 1 aliphatic heterocycles. The fraction of sp³-hybridized carbons (Fsp3) is 1.00. The molecule has 1 aliphatic carbocycles. The molecule has 0 spiro atoms. The molecule has 0 radical (unpaired) electrons. The Morgan fingerprint density at radius 3 is 2.50 bits per heavy atom. The van der Waals surface area contributed by atoms with Gasteiger partial charge in [-0.3, -0.25) is 9.80 Å². The third-order valence-corrected chi connectivity index (χ3v) is 4.25. The summed E-state index contributed by atoms with van der Waals surface area (Å²) in [6.45, 7) is 8.26. The fourth-order valence-electron chi connectivity index (χ4n) is 3.23. The Labute approximate surface area is 99.4 Å². The van der Waals surface area contributed by atoms with E-state index >= 15 is 0 Å².